The molecule has 1 aliphatic carbocycles. The Morgan fingerprint density at radius 1 is 1.08 bits per heavy atom. The normalized spacial score (nSPS) is 20.5. The molecule has 10 heteroatoms. The predicted molar refractivity (Wildman–Crippen MR) is 149 cm³/mol. The van der Waals surface area contributed by atoms with E-state index in [0.717, 1.165) is 55.2 Å². The molecule has 3 aromatic rings. The Hall–Kier alpha value is -3.21. The number of aryl methyl sites for hydroxylation is 1. The molecule has 1 aromatic carbocycles. The SMILES string of the molecule is Cc1nc(N2CCC3(CC2)Cc2ccccc2C3)c(CO)nc1Sc1ccnc2c1NC(=O)C1(COC1)N2C. The zero-order chi connectivity index (χ0) is 26.8. The van der Waals surface area contributed by atoms with Crippen molar-refractivity contribution in [2.75, 3.05) is 48.5 Å². The second-order valence-corrected chi connectivity index (χ2v) is 12.3. The summed E-state index contributed by atoms with van der Waals surface area (Å²) in [5.74, 6) is 1.41. The Morgan fingerprint density at radius 2 is 1.79 bits per heavy atom. The number of piperidine rings is 1. The number of nitrogens with one attached hydrogen (secondary N) is 1. The number of aromatic nitrogens is 3. The highest BCUT2D eigenvalue weighted by atomic mass is 32.2. The van der Waals surface area contributed by atoms with Crippen LogP contribution in [0.4, 0.5) is 17.3 Å². The van der Waals surface area contributed by atoms with E-state index in [0.29, 0.717) is 40.9 Å². The van der Waals surface area contributed by atoms with Crippen LogP contribution in [-0.4, -0.2) is 64.9 Å². The second kappa shape index (κ2) is 9.18. The molecule has 0 atom stereocenters. The summed E-state index contributed by atoms with van der Waals surface area (Å²) in [4.78, 5) is 32.4. The van der Waals surface area contributed by atoms with Gasteiger partial charge in [-0.1, -0.05) is 36.0 Å². The zero-order valence-corrected chi connectivity index (χ0v) is 23.1. The Kier molecular flexibility index (Phi) is 5.84. The summed E-state index contributed by atoms with van der Waals surface area (Å²) in [5.41, 5.74) is 4.68. The van der Waals surface area contributed by atoms with Gasteiger partial charge in [-0.05, 0) is 55.2 Å². The van der Waals surface area contributed by atoms with Gasteiger partial charge in [-0.2, -0.15) is 0 Å². The minimum absolute atomic E-state index is 0.0824. The van der Waals surface area contributed by atoms with Crippen LogP contribution >= 0.6 is 11.8 Å². The molecule has 1 amide bonds. The maximum atomic E-state index is 13.0. The Balaban J connectivity index is 1.12. The molecule has 39 heavy (non-hydrogen) atoms. The fraction of sp³-hybridized carbons (Fsp3) is 0.448. The lowest BCUT2D eigenvalue weighted by Crippen LogP contribution is -2.70. The number of carbonyl (C=O) groups excluding carboxylic acids is 1. The van der Waals surface area contributed by atoms with Crippen LogP contribution in [0.5, 0.6) is 0 Å². The molecule has 0 radical (unpaired) electrons. The molecule has 3 aliphatic heterocycles. The third-order valence-corrected chi connectivity index (χ3v) is 10.1. The minimum atomic E-state index is -0.695. The number of hydrogen-bond donors (Lipinski definition) is 2. The van der Waals surface area contributed by atoms with Crippen molar-refractivity contribution in [2.24, 2.45) is 5.41 Å². The fourth-order valence-corrected chi connectivity index (χ4v) is 7.43. The van der Waals surface area contributed by atoms with Gasteiger partial charge in [-0.15, -0.1) is 0 Å². The van der Waals surface area contributed by atoms with Crippen LogP contribution in [0.2, 0.25) is 0 Å². The third kappa shape index (κ3) is 3.91. The second-order valence-electron chi connectivity index (χ2n) is 11.3. The molecule has 202 valence electrons. The van der Waals surface area contributed by atoms with Crippen molar-refractivity contribution in [2.45, 2.75) is 54.7 Å². The zero-order valence-electron chi connectivity index (χ0n) is 22.2. The monoisotopic (exact) mass is 544 g/mol. The van der Waals surface area contributed by atoms with Crippen molar-refractivity contribution in [3.05, 3.63) is 59.0 Å². The molecule has 0 unspecified atom stereocenters. The van der Waals surface area contributed by atoms with Crippen LogP contribution in [0.15, 0.2) is 46.5 Å². The van der Waals surface area contributed by atoms with Gasteiger partial charge in [0, 0.05) is 31.2 Å². The molecule has 2 saturated heterocycles. The summed E-state index contributed by atoms with van der Waals surface area (Å²) in [6, 6.07) is 10.7. The molecule has 2 N–H and O–H groups in total. The minimum Gasteiger partial charge on any atom is -0.390 e. The van der Waals surface area contributed by atoms with Crippen molar-refractivity contribution in [1.82, 2.24) is 15.0 Å². The molecular formula is C29H32N6O3S. The maximum Gasteiger partial charge on any atom is 0.255 e. The van der Waals surface area contributed by atoms with Crippen molar-refractivity contribution in [3.8, 4) is 0 Å². The number of ether oxygens (including phenoxy) is 1. The van der Waals surface area contributed by atoms with Crippen LogP contribution in [0.3, 0.4) is 0 Å². The first-order chi connectivity index (χ1) is 18.9. The number of anilines is 3. The van der Waals surface area contributed by atoms with E-state index in [1.54, 1.807) is 6.20 Å². The number of aliphatic hydroxyl groups is 1. The van der Waals surface area contributed by atoms with E-state index in [4.69, 9.17) is 14.7 Å². The smallest absolute Gasteiger partial charge is 0.255 e. The number of nitrogens with zero attached hydrogens (tertiary/aromatic N) is 5. The van der Waals surface area contributed by atoms with Gasteiger partial charge >= 0.3 is 0 Å². The summed E-state index contributed by atoms with van der Waals surface area (Å²) in [7, 11) is 1.89. The average molecular weight is 545 g/mol. The number of amides is 1. The van der Waals surface area contributed by atoms with E-state index in [9.17, 15) is 9.90 Å². The topological polar surface area (TPSA) is 104 Å². The Bertz CT molecular complexity index is 1440. The van der Waals surface area contributed by atoms with Gasteiger partial charge in [0.2, 0.25) is 0 Å². The third-order valence-electron chi connectivity index (χ3n) is 9.00. The van der Waals surface area contributed by atoms with Crippen molar-refractivity contribution in [3.63, 3.8) is 0 Å². The van der Waals surface area contributed by atoms with Crippen LogP contribution in [0.25, 0.3) is 0 Å². The van der Waals surface area contributed by atoms with Crippen LogP contribution in [0, 0.1) is 12.3 Å². The van der Waals surface area contributed by atoms with Gasteiger partial charge in [0.05, 0.1) is 31.2 Å². The lowest BCUT2D eigenvalue weighted by molar-refractivity contribution is -0.138. The summed E-state index contributed by atoms with van der Waals surface area (Å²) < 4.78 is 5.36. The summed E-state index contributed by atoms with van der Waals surface area (Å²) in [6.07, 6.45) is 6.26. The first kappa shape index (κ1) is 24.8. The summed E-state index contributed by atoms with van der Waals surface area (Å²) >= 11 is 1.44. The molecule has 7 rings (SSSR count). The number of pyridine rings is 1. The van der Waals surface area contributed by atoms with Crippen LogP contribution in [-0.2, 0) is 29.0 Å². The quantitative estimate of drug-likeness (QED) is 0.512. The highest BCUT2D eigenvalue weighted by molar-refractivity contribution is 7.99. The van der Waals surface area contributed by atoms with E-state index in [-0.39, 0.29) is 12.5 Å². The number of rotatable bonds is 4. The van der Waals surface area contributed by atoms with Crippen LogP contribution in [0.1, 0.15) is 35.4 Å². The number of benzene rings is 1. The van der Waals surface area contributed by atoms with Gasteiger partial charge < -0.3 is 25.0 Å². The highest BCUT2D eigenvalue weighted by Crippen LogP contribution is 2.47. The molecule has 2 aromatic heterocycles. The molecule has 2 fully saturated rings. The van der Waals surface area contributed by atoms with E-state index in [2.05, 4.69) is 39.5 Å². The molecule has 5 heterocycles. The molecule has 0 saturated carbocycles. The number of fused-ring (bicyclic) bond motifs is 2. The molecule has 0 bridgehead atoms. The van der Waals surface area contributed by atoms with E-state index in [1.165, 1.54) is 22.9 Å². The number of likely N-dealkylation sites (N-methyl/N-ethyl adjacent to an activating group) is 1. The Labute approximate surface area is 232 Å². The van der Waals surface area contributed by atoms with E-state index in [1.807, 2.05) is 24.9 Å². The lowest BCUT2D eigenvalue weighted by Gasteiger charge is -2.49. The number of hydrogen-bond acceptors (Lipinski definition) is 9. The first-order valence-corrected chi connectivity index (χ1v) is 14.3. The summed E-state index contributed by atoms with van der Waals surface area (Å²) in [6.45, 7) is 4.29. The molecule has 4 aliphatic rings. The van der Waals surface area contributed by atoms with Gasteiger partial charge in [-0.3, -0.25) is 4.79 Å². The fourth-order valence-electron chi connectivity index (χ4n) is 6.50. The summed E-state index contributed by atoms with van der Waals surface area (Å²) in [5, 5.41) is 14.1. The predicted octanol–water partition coefficient (Wildman–Crippen LogP) is 3.37. The standard InChI is InChI=1S/C29H32N6O3S/c1-18-26(39-22-7-10-30-25-23(22)33-27(37)29(34(25)2)16-38-17-29)32-21(15-36)24(31-18)35-11-8-28(9-12-35)13-19-5-3-4-6-20(19)14-28/h3-7,10,36H,8-9,11-17H2,1-2H3,(H,33,37). The Morgan fingerprint density at radius 3 is 2.44 bits per heavy atom. The number of aliphatic hydroxyl groups excluding tert-OH is 1. The number of carbonyl (C=O) groups is 1. The first-order valence-electron chi connectivity index (χ1n) is 13.5. The molecule has 9 nitrogen and oxygen atoms in total. The van der Waals surface area contributed by atoms with Gasteiger partial charge in [-0.25, -0.2) is 15.0 Å². The van der Waals surface area contributed by atoms with Crippen molar-refractivity contribution >= 4 is 35.0 Å². The largest absolute Gasteiger partial charge is 0.390 e. The molecule has 2 spiro atoms. The van der Waals surface area contributed by atoms with Gasteiger partial charge in [0.15, 0.2) is 17.2 Å². The van der Waals surface area contributed by atoms with Crippen molar-refractivity contribution < 1.29 is 14.6 Å². The maximum absolute atomic E-state index is 13.0. The van der Waals surface area contributed by atoms with Crippen molar-refractivity contribution in [1.29, 1.82) is 0 Å². The average Bonchev–Trinajstić information content (AvgIpc) is 3.27. The van der Waals surface area contributed by atoms with E-state index < -0.39 is 5.54 Å². The molecular weight excluding hydrogens is 512 g/mol. The van der Waals surface area contributed by atoms with Gasteiger partial charge in [0.1, 0.15) is 10.7 Å². The van der Waals surface area contributed by atoms with Gasteiger partial charge in [0.25, 0.3) is 5.91 Å². The van der Waals surface area contributed by atoms with Crippen LogP contribution < -0.4 is 15.1 Å². The highest BCUT2D eigenvalue weighted by Gasteiger charge is 2.53. The van der Waals surface area contributed by atoms with E-state index >= 15 is 0 Å². The lowest BCUT2D eigenvalue weighted by atomic mass is 9.76.